The number of urea groups is 1. The van der Waals surface area contributed by atoms with Gasteiger partial charge < -0.3 is 21.1 Å². The van der Waals surface area contributed by atoms with Gasteiger partial charge in [0.25, 0.3) is 5.97 Å². The van der Waals surface area contributed by atoms with Crippen molar-refractivity contribution in [1.82, 2.24) is 10.6 Å². The van der Waals surface area contributed by atoms with E-state index in [1.807, 2.05) is 0 Å². The zero-order valence-electron chi connectivity index (χ0n) is 16.5. The van der Waals surface area contributed by atoms with Gasteiger partial charge in [-0.15, -0.1) is 0 Å². The zero-order chi connectivity index (χ0) is 19.8. The van der Waals surface area contributed by atoms with Crippen LogP contribution in [0.25, 0.3) is 5.73 Å². The number of esters is 1. The molecule has 0 aromatic heterocycles. The van der Waals surface area contributed by atoms with Gasteiger partial charge in [0.2, 0.25) is 6.04 Å². The van der Waals surface area contributed by atoms with Gasteiger partial charge in [0.15, 0.2) is 0 Å². The third-order valence-electron chi connectivity index (χ3n) is 5.60. The Bertz CT molecular complexity index is 528. The van der Waals surface area contributed by atoms with Gasteiger partial charge in [0, 0.05) is 73.9 Å². The molecule has 0 aromatic carbocycles. The maximum Gasteiger partial charge on any atom is 0.315 e. The van der Waals surface area contributed by atoms with Crippen LogP contribution in [0.4, 0.5) is 4.79 Å². The maximum atomic E-state index is 12.2. The Balaban J connectivity index is 0.00000392. The number of rotatable bonds is 7. The van der Waals surface area contributed by atoms with E-state index in [9.17, 15) is 19.7 Å². The second-order valence-electron chi connectivity index (χ2n) is 7.68. The van der Waals surface area contributed by atoms with Gasteiger partial charge in [-0.2, -0.15) is 0 Å². The molecular formula is C18H31AcN4O5-. The molecule has 9 nitrogen and oxygen atoms in total. The minimum Gasteiger partial charge on any atom is -0.665 e. The number of carbonyl (C=O) groups is 2. The van der Waals surface area contributed by atoms with Crippen LogP contribution in [0, 0.1) is 60.1 Å². The van der Waals surface area contributed by atoms with Gasteiger partial charge in [0.1, 0.15) is 0 Å². The number of hydrogen-bond acceptors (Lipinski definition) is 5. The molecule has 0 aromatic rings. The molecule has 0 saturated heterocycles. The Hall–Kier alpha value is -0.458. The topological polar surface area (TPSA) is 134 Å². The van der Waals surface area contributed by atoms with Crippen LogP contribution in [0.3, 0.4) is 0 Å². The predicted octanol–water partition coefficient (Wildman–Crippen LogP) is 2.81. The van der Waals surface area contributed by atoms with E-state index in [1.165, 1.54) is 0 Å². The van der Waals surface area contributed by atoms with Crippen LogP contribution >= 0.6 is 0 Å². The van der Waals surface area contributed by atoms with Gasteiger partial charge in [-0.25, -0.2) is 4.79 Å². The van der Waals surface area contributed by atoms with Gasteiger partial charge in [-0.1, -0.05) is 6.42 Å². The summed E-state index contributed by atoms with van der Waals surface area (Å²) < 4.78 is 4.88. The minimum absolute atomic E-state index is 0. The van der Waals surface area contributed by atoms with E-state index in [-0.39, 0.29) is 67.1 Å². The van der Waals surface area contributed by atoms with Crippen molar-refractivity contribution >= 4 is 12.0 Å². The number of nitrogens with zero attached hydrogens (tertiary/aromatic N) is 1. The van der Waals surface area contributed by atoms with Gasteiger partial charge in [0.05, 0.1) is 6.61 Å². The minimum atomic E-state index is -0.830. The van der Waals surface area contributed by atoms with Crippen molar-refractivity contribution in [3.63, 3.8) is 0 Å². The number of nitrogens with one attached hydrogen (secondary N) is 3. The summed E-state index contributed by atoms with van der Waals surface area (Å²) in [5.74, 6) is -0.158. The smallest absolute Gasteiger partial charge is 0.315 e. The molecule has 3 N–H and O–H groups in total. The second-order valence-corrected chi connectivity index (χ2v) is 7.68. The van der Waals surface area contributed by atoms with E-state index in [0.29, 0.717) is 31.8 Å². The molecular weight excluding hydrogens is 579 g/mol. The summed E-state index contributed by atoms with van der Waals surface area (Å²) in [6.45, 7) is 2.03. The number of amides is 2. The van der Waals surface area contributed by atoms with E-state index >= 15 is 0 Å². The van der Waals surface area contributed by atoms with Crippen LogP contribution in [0.5, 0.6) is 0 Å². The molecule has 0 bridgehead atoms. The summed E-state index contributed by atoms with van der Waals surface area (Å²) in [7, 11) is 0. The first-order valence-electron chi connectivity index (χ1n) is 9.97. The fraction of sp³-hybridized carbons (Fsp3) is 0.889. The summed E-state index contributed by atoms with van der Waals surface area (Å²) in [6, 6.07) is -1.71. The van der Waals surface area contributed by atoms with E-state index in [0.717, 1.165) is 38.5 Å². The summed E-state index contributed by atoms with van der Waals surface area (Å²) in [5, 5.41) is 16.8. The molecule has 10 heteroatoms. The number of nitro groups is 1. The van der Waals surface area contributed by atoms with Crippen LogP contribution in [0.1, 0.15) is 64.7 Å². The molecule has 2 saturated carbocycles. The zero-order valence-corrected chi connectivity index (χ0v) is 21.3. The SMILES string of the molecule is CCOC(=O)C([NH-])CC1CCC(NC(=O)NC2CCCC([N+](=O)[O-])C2)CC1.[Ac]. The Morgan fingerprint density at radius 2 is 1.79 bits per heavy atom. The molecule has 2 aliphatic rings. The number of hydrogen-bond donors (Lipinski definition) is 2. The molecule has 28 heavy (non-hydrogen) atoms. The average Bonchev–Trinajstić information content (AvgIpc) is 2.63. The Morgan fingerprint density at radius 1 is 1.14 bits per heavy atom. The van der Waals surface area contributed by atoms with E-state index in [4.69, 9.17) is 10.5 Å². The van der Waals surface area contributed by atoms with Crippen LogP contribution in [-0.2, 0) is 9.53 Å². The largest absolute Gasteiger partial charge is 0.665 e. The number of ether oxygens (including phenoxy) is 1. The Labute approximate surface area is 202 Å². The molecule has 2 amide bonds. The van der Waals surface area contributed by atoms with Crippen molar-refractivity contribution in [2.45, 2.75) is 88.9 Å². The van der Waals surface area contributed by atoms with Gasteiger partial charge in [-0.3, -0.25) is 14.9 Å². The van der Waals surface area contributed by atoms with Crippen molar-refractivity contribution in [3.8, 4) is 0 Å². The molecule has 2 rings (SSSR count). The third kappa shape index (κ3) is 8.50. The molecule has 0 heterocycles. The molecule has 157 valence electrons. The van der Waals surface area contributed by atoms with E-state index in [1.54, 1.807) is 6.92 Å². The molecule has 0 aliphatic heterocycles. The summed E-state index contributed by atoms with van der Waals surface area (Å²) in [5.41, 5.74) is 7.87. The summed E-state index contributed by atoms with van der Waals surface area (Å²) >= 11 is 0. The first-order valence-corrected chi connectivity index (χ1v) is 9.97. The molecule has 3 unspecified atom stereocenters. The fourth-order valence-corrected chi connectivity index (χ4v) is 4.11. The summed E-state index contributed by atoms with van der Waals surface area (Å²) in [4.78, 5) is 34.4. The summed E-state index contributed by atoms with van der Waals surface area (Å²) in [6.07, 6.45) is 6.39. The number of carbonyl (C=O) groups excluding carboxylic acids is 2. The third-order valence-corrected chi connectivity index (χ3v) is 5.60. The van der Waals surface area contributed by atoms with Crippen molar-refractivity contribution in [2.75, 3.05) is 6.61 Å². The molecule has 1 radical (unpaired) electrons. The Morgan fingerprint density at radius 3 is 2.39 bits per heavy atom. The van der Waals surface area contributed by atoms with Crippen molar-refractivity contribution in [2.24, 2.45) is 5.92 Å². The standard InChI is InChI=1S/C18H31N4O5.Ac/c1-2-27-17(23)16(19)10-12-6-8-13(9-7-12)20-18(24)21-14-4-3-5-15(11-14)22(25)26;/h12-16,19H,2-11H2,1H3,(H2,20,21,24);/q-1;. The van der Waals surface area contributed by atoms with Gasteiger partial charge in [-0.05, 0) is 57.4 Å². The molecule has 2 aliphatic carbocycles. The first kappa shape index (κ1) is 25.6. The molecule has 3 atom stereocenters. The van der Waals surface area contributed by atoms with Crippen molar-refractivity contribution in [1.29, 1.82) is 0 Å². The maximum absolute atomic E-state index is 12.2. The van der Waals surface area contributed by atoms with Crippen LogP contribution < -0.4 is 10.6 Å². The van der Waals surface area contributed by atoms with Crippen LogP contribution in [0.2, 0.25) is 0 Å². The van der Waals surface area contributed by atoms with Crippen LogP contribution in [-0.4, -0.2) is 47.7 Å². The fourth-order valence-electron chi connectivity index (χ4n) is 4.11. The molecule has 0 spiro atoms. The molecule has 2 fully saturated rings. The van der Waals surface area contributed by atoms with Gasteiger partial charge >= 0.3 is 6.03 Å². The monoisotopic (exact) mass is 610 g/mol. The predicted molar refractivity (Wildman–Crippen MR) is 99.8 cm³/mol. The average molecular weight is 610 g/mol. The van der Waals surface area contributed by atoms with E-state index < -0.39 is 18.1 Å². The van der Waals surface area contributed by atoms with Crippen molar-refractivity contribution in [3.05, 3.63) is 15.8 Å². The normalized spacial score (nSPS) is 28.4. The quantitative estimate of drug-likeness (QED) is 0.260. The van der Waals surface area contributed by atoms with E-state index in [2.05, 4.69) is 10.6 Å². The van der Waals surface area contributed by atoms with Crippen molar-refractivity contribution < 1.29 is 63.3 Å². The second kappa shape index (κ2) is 13.0. The Kier molecular flexibility index (Phi) is 11.8. The first-order chi connectivity index (χ1) is 12.9. The van der Waals surface area contributed by atoms with Crippen LogP contribution in [0.15, 0.2) is 0 Å².